The fourth-order valence-corrected chi connectivity index (χ4v) is 5.11. The Kier molecular flexibility index (Phi) is 6.16. The van der Waals surface area contributed by atoms with Gasteiger partial charge in [0.15, 0.2) is 0 Å². The van der Waals surface area contributed by atoms with Gasteiger partial charge in [-0.15, -0.1) is 0 Å². The van der Waals surface area contributed by atoms with Gasteiger partial charge in [0.2, 0.25) is 5.91 Å². The van der Waals surface area contributed by atoms with Crippen molar-refractivity contribution in [3.63, 3.8) is 0 Å². The van der Waals surface area contributed by atoms with Crippen molar-refractivity contribution >= 4 is 11.8 Å². The number of likely N-dealkylation sites (tertiary alicyclic amines) is 1. The molecule has 3 atom stereocenters. The maximum Gasteiger partial charge on any atom is 0.254 e. The summed E-state index contributed by atoms with van der Waals surface area (Å²) in [4.78, 5) is 30.7. The zero-order valence-corrected chi connectivity index (χ0v) is 17.5. The number of benzene rings is 2. The summed E-state index contributed by atoms with van der Waals surface area (Å²) >= 11 is 0. The first-order valence-corrected chi connectivity index (χ1v) is 11.0. The molecule has 2 aliphatic rings. The SMILES string of the molecule is CCN(Cc1cccc(F)c1)C(=O)C1CC2CCCCC2N1C(=O)c1ccccc1. The Morgan fingerprint density at radius 3 is 2.57 bits per heavy atom. The molecule has 0 aromatic heterocycles. The first-order valence-electron chi connectivity index (χ1n) is 11.0. The number of hydrogen-bond acceptors (Lipinski definition) is 2. The van der Waals surface area contributed by atoms with Gasteiger partial charge in [-0.3, -0.25) is 9.59 Å². The summed E-state index contributed by atoms with van der Waals surface area (Å²) in [6, 6.07) is 15.3. The quantitative estimate of drug-likeness (QED) is 0.723. The van der Waals surface area contributed by atoms with Gasteiger partial charge in [0.05, 0.1) is 0 Å². The van der Waals surface area contributed by atoms with Gasteiger partial charge in [-0.25, -0.2) is 4.39 Å². The van der Waals surface area contributed by atoms with Crippen LogP contribution in [0.2, 0.25) is 0 Å². The minimum atomic E-state index is -0.445. The lowest BCUT2D eigenvalue weighted by Crippen LogP contribution is -2.50. The average Bonchev–Trinajstić information content (AvgIpc) is 3.16. The van der Waals surface area contributed by atoms with Gasteiger partial charge < -0.3 is 9.80 Å². The van der Waals surface area contributed by atoms with E-state index >= 15 is 0 Å². The van der Waals surface area contributed by atoms with E-state index in [1.807, 2.05) is 48.2 Å². The fourth-order valence-electron chi connectivity index (χ4n) is 5.11. The van der Waals surface area contributed by atoms with E-state index in [0.29, 0.717) is 24.6 Å². The van der Waals surface area contributed by atoms with Crippen molar-refractivity contribution in [3.05, 3.63) is 71.5 Å². The Hall–Kier alpha value is -2.69. The van der Waals surface area contributed by atoms with E-state index in [-0.39, 0.29) is 23.7 Å². The molecule has 2 aromatic rings. The molecule has 0 N–H and O–H groups in total. The van der Waals surface area contributed by atoms with Crippen LogP contribution in [0.15, 0.2) is 54.6 Å². The molecule has 4 nitrogen and oxygen atoms in total. The minimum Gasteiger partial charge on any atom is -0.337 e. The highest BCUT2D eigenvalue weighted by atomic mass is 19.1. The van der Waals surface area contributed by atoms with Crippen LogP contribution in [0.4, 0.5) is 4.39 Å². The maximum atomic E-state index is 13.6. The molecule has 2 aromatic carbocycles. The Labute approximate surface area is 177 Å². The number of amides is 2. The molecule has 158 valence electrons. The molecule has 1 saturated heterocycles. The predicted molar refractivity (Wildman–Crippen MR) is 114 cm³/mol. The van der Waals surface area contributed by atoms with E-state index in [0.717, 1.165) is 37.7 Å². The summed E-state index contributed by atoms with van der Waals surface area (Å²) in [5.74, 6) is 0.00242. The monoisotopic (exact) mass is 408 g/mol. The number of fused-ring (bicyclic) bond motifs is 1. The second-order valence-electron chi connectivity index (χ2n) is 8.42. The number of carbonyl (C=O) groups is 2. The van der Waals surface area contributed by atoms with Gasteiger partial charge in [0.25, 0.3) is 5.91 Å². The van der Waals surface area contributed by atoms with E-state index in [2.05, 4.69) is 0 Å². The highest BCUT2D eigenvalue weighted by molar-refractivity contribution is 5.98. The third-order valence-corrected chi connectivity index (χ3v) is 6.58. The molecule has 2 amide bonds. The van der Waals surface area contributed by atoms with E-state index in [9.17, 15) is 14.0 Å². The van der Waals surface area contributed by atoms with Crippen LogP contribution in [0.25, 0.3) is 0 Å². The van der Waals surface area contributed by atoms with Crippen molar-refractivity contribution in [2.45, 2.75) is 57.7 Å². The zero-order valence-electron chi connectivity index (χ0n) is 17.5. The molecule has 3 unspecified atom stereocenters. The van der Waals surface area contributed by atoms with Gasteiger partial charge in [0.1, 0.15) is 11.9 Å². The van der Waals surface area contributed by atoms with Gasteiger partial charge in [-0.1, -0.05) is 43.2 Å². The van der Waals surface area contributed by atoms with Gasteiger partial charge in [-0.2, -0.15) is 0 Å². The van der Waals surface area contributed by atoms with Crippen molar-refractivity contribution < 1.29 is 14.0 Å². The molecule has 5 heteroatoms. The first-order chi connectivity index (χ1) is 14.6. The summed E-state index contributed by atoms with van der Waals surface area (Å²) in [5.41, 5.74) is 1.40. The molecule has 2 fully saturated rings. The predicted octanol–water partition coefficient (Wildman–Crippen LogP) is 4.65. The molecule has 0 bridgehead atoms. The topological polar surface area (TPSA) is 40.6 Å². The lowest BCUT2D eigenvalue weighted by atomic mass is 9.84. The Morgan fingerprint density at radius 1 is 1.07 bits per heavy atom. The number of rotatable bonds is 5. The summed E-state index contributed by atoms with van der Waals surface area (Å²) in [6.07, 6.45) is 5.02. The van der Waals surface area contributed by atoms with E-state index < -0.39 is 6.04 Å². The molecular weight excluding hydrogens is 379 g/mol. The van der Waals surface area contributed by atoms with E-state index in [1.165, 1.54) is 12.1 Å². The normalized spacial score (nSPS) is 23.1. The Morgan fingerprint density at radius 2 is 1.83 bits per heavy atom. The van der Waals surface area contributed by atoms with E-state index in [1.54, 1.807) is 11.0 Å². The maximum absolute atomic E-state index is 13.6. The molecule has 1 aliphatic carbocycles. The summed E-state index contributed by atoms with van der Waals surface area (Å²) in [6.45, 7) is 2.81. The van der Waals surface area contributed by atoms with Crippen molar-refractivity contribution in [3.8, 4) is 0 Å². The fraction of sp³-hybridized carbons (Fsp3) is 0.440. The standard InChI is InChI=1S/C25H29FN2O2/c1-2-27(17-18-9-8-13-21(26)15-18)25(30)23-16-20-12-6-7-14-22(20)28(23)24(29)19-10-4-3-5-11-19/h3-5,8-11,13,15,20,22-23H,2,6-7,12,14,16-17H2,1H3. The van der Waals surface area contributed by atoms with Crippen LogP contribution in [-0.2, 0) is 11.3 Å². The molecule has 0 radical (unpaired) electrons. The third-order valence-electron chi connectivity index (χ3n) is 6.58. The second-order valence-corrected chi connectivity index (χ2v) is 8.42. The second kappa shape index (κ2) is 8.99. The largest absolute Gasteiger partial charge is 0.337 e. The highest BCUT2D eigenvalue weighted by Crippen LogP contribution is 2.41. The molecule has 30 heavy (non-hydrogen) atoms. The smallest absolute Gasteiger partial charge is 0.254 e. The zero-order chi connectivity index (χ0) is 21.1. The Balaban J connectivity index is 1.60. The van der Waals surface area contributed by atoms with Crippen LogP contribution < -0.4 is 0 Å². The number of hydrogen-bond donors (Lipinski definition) is 0. The van der Waals surface area contributed by atoms with E-state index in [4.69, 9.17) is 0 Å². The Bertz CT molecular complexity index is 901. The lowest BCUT2D eigenvalue weighted by molar-refractivity contribution is -0.136. The highest BCUT2D eigenvalue weighted by Gasteiger charge is 2.48. The molecule has 1 aliphatic heterocycles. The molecule has 4 rings (SSSR count). The van der Waals surface area contributed by atoms with Crippen LogP contribution in [0.5, 0.6) is 0 Å². The van der Waals surface area contributed by atoms with Crippen LogP contribution in [0.3, 0.4) is 0 Å². The number of nitrogens with zero attached hydrogens (tertiary/aromatic N) is 2. The molecular formula is C25H29FN2O2. The summed E-state index contributed by atoms with van der Waals surface area (Å²) < 4.78 is 13.6. The van der Waals surface area contributed by atoms with Crippen molar-refractivity contribution in [2.75, 3.05) is 6.54 Å². The van der Waals surface area contributed by atoms with Crippen molar-refractivity contribution in [1.82, 2.24) is 9.80 Å². The van der Waals surface area contributed by atoms with Crippen LogP contribution in [0, 0.1) is 11.7 Å². The third kappa shape index (κ3) is 4.11. The van der Waals surface area contributed by atoms with Crippen LogP contribution in [0.1, 0.15) is 54.9 Å². The van der Waals surface area contributed by atoms with Gasteiger partial charge in [0, 0.05) is 24.7 Å². The summed E-state index contributed by atoms with van der Waals surface area (Å²) in [5, 5.41) is 0. The number of carbonyl (C=O) groups excluding carboxylic acids is 2. The number of likely N-dealkylation sites (N-methyl/N-ethyl adjacent to an activating group) is 1. The number of halogens is 1. The molecule has 1 saturated carbocycles. The lowest BCUT2D eigenvalue weighted by Gasteiger charge is -2.35. The summed E-state index contributed by atoms with van der Waals surface area (Å²) in [7, 11) is 0. The van der Waals surface area contributed by atoms with Crippen LogP contribution in [-0.4, -0.2) is 40.2 Å². The average molecular weight is 409 g/mol. The molecule has 1 heterocycles. The van der Waals surface area contributed by atoms with Gasteiger partial charge >= 0.3 is 0 Å². The molecule has 0 spiro atoms. The van der Waals surface area contributed by atoms with Gasteiger partial charge in [-0.05, 0) is 61.9 Å². The van der Waals surface area contributed by atoms with Crippen molar-refractivity contribution in [2.24, 2.45) is 5.92 Å². The first kappa shape index (κ1) is 20.6. The van der Waals surface area contributed by atoms with Crippen LogP contribution >= 0.6 is 0 Å². The minimum absolute atomic E-state index is 0.0274. The van der Waals surface area contributed by atoms with Crippen molar-refractivity contribution in [1.29, 1.82) is 0 Å².